The van der Waals surface area contributed by atoms with Gasteiger partial charge in [0.25, 0.3) is 0 Å². The van der Waals surface area contributed by atoms with Crippen LogP contribution < -0.4 is 0 Å². The smallest absolute Gasteiger partial charge is 0.311 e. The number of esters is 1. The average Bonchev–Trinajstić information content (AvgIpc) is 2.19. The number of carbonyl (C=O) groups is 1. The molecule has 1 saturated heterocycles. The van der Waals surface area contributed by atoms with Crippen LogP contribution in [0.4, 0.5) is 0 Å². The van der Waals surface area contributed by atoms with Crippen molar-refractivity contribution in [1.82, 2.24) is 0 Å². The number of cyclic esters (lactones) is 1. The topological polar surface area (TPSA) is 66.8 Å². The van der Waals surface area contributed by atoms with E-state index in [4.69, 9.17) is 9.84 Å². The van der Waals surface area contributed by atoms with Gasteiger partial charge in [-0.3, -0.25) is 4.79 Å². The monoisotopic (exact) mass is 202 g/mol. The lowest BCUT2D eigenvalue weighted by atomic mass is 9.82. The zero-order valence-corrected chi connectivity index (χ0v) is 8.80. The van der Waals surface area contributed by atoms with Crippen molar-refractivity contribution in [2.45, 2.75) is 33.0 Å². The highest BCUT2D eigenvalue weighted by molar-refractivity contribution is 5.73. The van der Waals surface area contributed by atoms with Crippen LogP contribution in [0.5, 0.6) is 0 Å². The van der Waals surface area contributed by atoms with Crippen LogP contribution in [0.25, 0.3) is 0 Å². The van der Waals surface area contributed by atoms with Gasteiger partial charge in [-0.25, -0.2) is 0 Å². The first kappa shape index (κ1) is 11.5. The van der Waals surface area contributed by atoms with Gasteiger partial charge in [-0.1, -0.05) is 13.8 Å². The molecule has 4 heteroatoms. The molecule has 0 bridgehead atoms. The quantitative estimate of drug-likeness (QED) is 0.626. The Morgan fingerprint density at radius 2 is 2.07 bits per heavy atom. The highest BCUT2D eigenvalue weighted by atomic mass is 16.5. The first-order valence-electron chi connectivity index (χ1n) is 4.98. The number of rotatable bonds is 2. The molecule has 0 spiro atoms. The summed E-state index contributed by atoms with van der Waals surface area (Å²) < 4.78 is 5.18. The molecular weight excluding hydrogens is 184 g/mol. The van der Waals surface area contributed by atoms with E-state index in [1.54, 1.807) is 13.8 Å². The Morgan fingerprint density at radius 1 is 1.50 bits per heavy atom. The molecule has 0 saturated carbocycles. The Balaban J connectivity index is 2.75. The van der Waals surface area contributed by atoms with Crippen LogP contribution >= 0.6 is 0 Å². The fraction of sp³-hybridized carbons (Fsp3) is 0.900. The standard InChI is InChI=1S/C10H18O4/c1-5(4-11)9-6(2)8(12)7(3)10(13)14-9/h5-9,11-12H,4H2,1-3H3/t5-,6+,7-,8-,9-/m0/s1. The Kier molecular flexibility index (Phi) is 3.50. The SMILES string of the molecule is C[C@@H]1[C@H](O)[C@H](C)C(=O)O[C@H]1[C@@H](C)CO. The van der Waals surface area contributed by atoms with Crippen LogP contribution in [0, 0.1) is 17.8 Å². The Hall–Kier alpha value is -0.610. The second kappa shape index (κ2) is 4.28. The van der Waals surface area contributed by atoms with E-state index in [0.717, 1.165) is 0 Å². The number of aliphatic hydroxyl groups is 2. The zero-order valence-electron chi connectivity index (χ0n) is 8.80. The highest BCUT2D eigenvalue weighted by Crippen LogP contribution is 2.30. The highest BCUT2D eigenvalue weighted by Gasteiger charge is 2.42. The Labute approximate surface area is 83.9 Å². The maximum Gasteiger partial charge on any atom is 0.311 e. The van der Waals surface area contributed by atoms with Gasteiger partial charge in [0.15, 0.2) is 0 Å². The molecule has 4 nitrogen and oxygen atoms in total. The van der Waals surface area contributed by atoms with Gasteiger partial charge in [0.2, 0.25) is 0 Å². The Morgan fingerprint density at radius 3 is 2.57 bits per heavy atom. The summed E-state index contributed by atoms with van der Waals surface area (Å²) in [5, 5.41) is 18.7. The Bertz CT molecular complexity index is 216. The zero-order chi connectivity index (χ0) is 10.9. The molecular formula is C10H18O4. The predicted octanol–water partition coefficient (Wildman–Crippen LogP) is 0.173. The number of carbonyl (C=O) groups excluding carboxylic acids is 1. The van der Waals surface area contributed by atoms with Gasteiger partial charge in [-0.2, -0.15) is 0 Å². The van der Waals surface area contributed by atoms with Gasteiger partial charge in [0, 0.05) is 18.4 Å². The molecule has 0 unspecified atom stereocenters. The largest absolute Gasteiger partial charge is 0.461 e. The molecule has 1 rings (SSSR count). The van der Waals surface area contributed by atoms with E-state index in [1.807, 2.05) is 6.92 Å². The molecule has 82 valence electrons. The van der Waals surface area contributed by atoms with Crippen molar-refractivity contribution in [3.8, 4) is 0 Å². The van der Waals surface area contributed by atoms with Crippen LogP contribution in [-0.2, 0) is 9.53 Å². The van der Waals surface area contributed by atoms with E-state index in [0.29, 0.717) is 0 Å². The van der Waals surface area contributed by atoms with Crippen LogP contribution in [0.2, 0.25) is 0 Å². The van der Waals surface area contributed by atoms with E-state index in [2.05, 4.69) is 0 Å². The summed E-state index contributed by atoms with van der Waals surface area (Å²) in [7, 11) is 0. The van der Waals surface area contributed by atoms with E-state index in [-0.39, 0.29) is 30.5 Å². The van der Waals surface area contributed by atoms with E-state index in [9.17, 15) is 9.90 Å². The lowest BCUT2D eigenvalue weighted by Crippen LogP contribution is -2.49. The summed E-state index contributed by atoms with van der Waals surface area (Å²) in [6, 6.07) is 0. The molecule has 14 heavy (non-hydrogen) atoms. The van der Waals surface area contributed by atoms with Crippen molar-refractivity contribution >= 4 is 5.97 Å². The number of hydrogen-bond acceptors (Lipinski definition) is 4. The predicted molar refractivity (Wildman–Crippen MR) is 50.5 cm³/mol. The van der Waals surface area contributed by atoms with Crippen LogP contribution in [0.1, 0.15) is 20.8 Å². The maximum atomic E-state index is 11.3. The molecule has 0 amide bonds. The fourth-order valence-corrected chi connectivity index (χ4v) is 1.88. The second-order valence-electron chi connectivity index (χ2n) is 4.20. The maximum absolute atomic E-state index is 11.3. The summed E-state index contributed by atoms with van der Waals surface area (Å²) in [6.07, 6.45) is -1.05. The molecule has 0 radical (unpaired) electrons. The van der Waals surface area contributed by atoms with Crippen molar-refractivity contribution in [3.63, 3.8) is 0 Å². The average molecular weight is 202 g/mol. The summed E-state index contributed by atoms with van der Waals surface area (Å²) >= 11 is 0. The fourth-order valence-electron chi connectivity index (χ4n) is 1.88. The first-order valence-corrected chi connectivity index (χ1v) is 4.98. The molecule has 0 aliphatic carbocycles. The van der Waals surface area contributed by atoms with Gasteiger partial charge < -0.3 is 14.9 Å². The van der Waals surface area contributed by atoms with Crippen LogP contribution in [0.3, 0.4) is 0 Å². The van der Waals surface area contributed by atoms with Gasteiger partial charge in [-0.05, 0) is 6.92 Å². The van der Waals surface area contributed by atoms with Gasteiger partial charge in [-0.15, -0.1) is 0 Å². The van der Waals surface area contributed by atoms with Crippen molar-refractivity contribution in [1.29, 1.82) is 0 Å². The molecule has 5 atom stereocenters. The summed E-state index contributed by atoms with van der Waals surface area (Å²) in [6.45, 7) is 5.26. The number of hydrogen-bond donors (Lipinski definition) is 2. The lowest BCUT2D eigenvalue weighted by molar-refractivity contribution is -0.183. The molecule has 1 heterocycles. The van der Waals surface area contributed by atoms with Gasteiger partial charge in [0.05, 0.1) is 12.0 Å². The molecule has 0 aromatic carbocycles. The van der Waals surface area contributed by atoms with Crippen LogP contribution in [-0.4, -0.2) is 35.0 Å². The number of ether oxygens (including phenoxy) is 1. The van der Waals surface area contributed by atoms with Crippen molar-refractivity contribution in [2.24, 2.45) is 17.8 Å². The molecule has 1 aliphatic rings. The molecule has 0 aromatic rings. The number of aliphatic hydroxyl groups excluding tert-OH is 2. The lowest BCUT2D eigenvalue weighted by Gasteiger charge is -2.38. The molecule has 1 fully saturated rings. The third kappa shape index (κ3) is 1.91. The second-order valence-corrected chi connectivity index (χ2v) is 4.20. The van der Waals surface area contributed by atoms with Gasteiger partial charge >= 0.3 is 5.97 Å². The third-order valence-corrected chi connectivity index (χ3v) is 3.04. The summed E-state index contributed by atoms with van der Waals surface area (Å²) in [4.78, 5) is 11.3. The third-order valence-electron chi connectivity index (χ3n) is 3.04. The molecule has 1 aliphatic heterocycles. The summed E-state index contributed by atoms with van der Waals surface area (Å²) in [5.41, 5.74) is 0. The normalized spacial score (nSPS) is 40.5. The van der Waals surface area contributed by atoms with E-state index in [1.165, 1.54) is 0 Å². The van der Waals surface area contributed by atoms with E-state index >= 15 is 0 Å². The minimum absolute atomic E-state index is 0.0383. The van der Waals surface area contributed by atoms with Crippen molar-refractivity contribution < 1.29 is 19.7 Å². The summed E-state index contributed by atoms with van der Waals surface area (Å²) in [5.74, 6) is -1.09. The van der Waals surface area contributed by atoms with Gasteiger partial charge in [0.1, 0.15) is 6.10 Å². The van der Waals surface area contributed by atoms with Crippen molar-refractivity contribution in [3.05, 3.63) is 0 Å². The van der Waals surface area contributed by atoms with Crippen LogP contribution in [0.15, 0.2) is 0 Å². The molecule has 0 aromatic heterocycles. The minimum Gasteiger partial charge on any atom is -0.461 e. The van der Waals surface area contributed by atoms with E-state index < -0.39 is 12.0 Å². The minimum atomic E-state index is -0.671. The molecule has 2 N–H and O–H groups in total. The van der Waals surface area contributed by atoms with Crippen molar-refractivity contribution in [2.75, 3.05) is 6.61 Å². The first-order chi connectivity index (χ1) is 6.49.